The smallest absolute Gasteiger partial charge is 0.226 e. The van der Waals surface area contributed by atoms with Crippen LogP contribution >= 0.6 is 0 Å². The van der Waals surface area contributed by atoms with E-state index >= 15 is 0 Å². The molecule has 160 valence electrons. The van der Waals surface area contributed by atoms with Gasteiger partial charge in [-0.2, -0.15) is 0 Å². The van der Waals surface area contributed by atoms with E-state index in [1.807, 2.05) is 4.90 Å². The van der Waals surface area contributed by atoms with E-state index in [1.165, 1.54) is 5.69 Å². The van der Waals surface area contributed by atoms with Gasteiger partial charge in [0.15, 0.2) is 9.84 Å². The molecule has 1 aromatic rings. The number of nitrogens with zero attached hydrogens (tertiary/aromatic N) is 2. The van der Waals surface area contributed by atoms with Gasteiger partial charge in [-0.05, 0) is 69.7 Å². The maximum atomic E-state index is 12.8. The van der Waals surface area contributed by atoms with E-state index < -0.39 is 14.6 Å². The van der Waals surface area contributed by atoms with Crippen molar-refractivity contribution in [1.29, 1.82) is 0 Å². The molecule has 2 aliphatic heterocycles. The number of carbonyl (C=O) groups excluding carboxylic acids is 1. The zero-order valence-electron chi connectivity index (χ0n) is 18.1. The summed E-state index contributed by atoms with van der Waals surface area (Å²) in [4.78, 5) is 17.0. The fourth-order valence-electron chi connectivity index (χ4n) is 3.95. The second-order valence-electron chi connectivity index (χ2n) is 9.38. The van der Waals surface area contributed by atoms with E-state index in [1.54, 1.807) is 20.8 Å². The van der Waals surface area contributed by atoms with Gasteiger partial charge >= 0.3 is 0 Å². The van der Waals surface area contributed by atoms with E-state index in [-0.39, 0.29) is 17.6 Å². The summed E-state index contributed by atoms with van der Waals surface area (Å²) in [5, 5.41) is 0. The number of benzene rings is 1. The van der Waals surface area contributed by atoms with Gasteiger partial charge in [0.2, 0.25) is 5.91 Å². The van der Waals surface area contributed by atoms with Crippen molar-refractivity contribution in [2.24, 2.45) is 5.92 Å². The molecule has 0 spiro atoms. The number of aryl methyl sites for hydroxylation is 1. The van der Waals surface area contributed by atoms with Crippen LogP contribution < -0.4 is 4.90 Å². The predicted octanol–water partition coefficient (Wildman–Crippen LogP) is 3.37. The van der Waals surface area contributed by atoms with Crippen LogP contribution in [0.5, 0.6) is 0 Å². The molecule has 1 fully saturated rings. The van der Waals surface area contributed by atoms with Crippen molar-refractivity contribution >= 4 is 21.4 Å². The monoisotopic (exact) mass is 418 g/mol. The van der Waals surface area contributed by atoms with Gasteiger partial charge in [-0.3, -0.25) is 4.79 Å². The quantitative estimate of drug-likeness (QED) is 0.688. The highest BCUT2D eigenvalue weighted by atomic mass is 32.2. The van der Waals surface area contributed by atoms with E-state index in [0.717, 1.165) is 37.1 Å². The minimum atomic E-state index is -3.11. The van der Waals surface area contributed by atoms with Gasteiger partial charge in [0.05, 0.1) is 16.9 Å². The van der Waals surface area contributed by atoms with Crippen LogP contribution in [0.15, 0.2) is 30.4 Å². The Morgan fingerprint density at radius 1 is 1.10 bits per heavy atom. The fourth-order valence-corrected chi connectivity index (χ4v) is 5.40. The van der Waals surface area contributed by atoms with Crippen molar-refractivity contribution in [3.05, 3.63) is 41.5 Å². The van der Waals surface area contributed by atoms with Crippen LogP contribution in [0.3, 0.4) is 0 Å². The third-order valence-corrected chi connectivity index (χ3v) is 8.98. The van der Waals surface area contributed by atoms with Crippen LogP contribution in [-0.4, -0.2) is 55.9 Å². The molecule has 0 unspecified atom stereocenters. The van der Waals surface area contributed by atoms with E-state index in [0.29, 0.717) is 19.5 Å². The molecule has 3 rings (SSSR count). The standard InChI is InChI=1S/C23H34N2O3S/c1-18-15-21(24-11-5-6-12-24)8-7-20(18)16-22(26)25-13-9-19(10-14-25)17-29(27,28)23(2,3)4/h5-8,15,19H,9-14,16-17H2,1-4H3. The first-order valence-electron chi connectivity index (χ1n) is 10.6. The van der Waals surface area contributed by atoms with Gasteiger partial charge < -0.3 is 9.80 Å². The van der Waals surface area contributed by atoms with Crippen molar-refractivity contribution in [3.8, 4) is 0 Å². The molecule has 29 heavy (non-hydrogen) atoms. The second-order valence-corrected chi connectivity index (χ2v) is 12.2. The van der Waals surface area contributed by atoms with Crippen LogP contribution in [-0.2, 0) is 21.1 Å². The molecule has 2 aliphatic rings. The molecule has 0 N–H and O–H groups in total. The first-order valence-corrected chi connectivity index (χ1v) is 12.2. The molecule has 6 heteroatoms. The molecule has 1 amide bonds. The lowest BCUT2D eigenvalue weighted by Gasteiger charge is -2.33. The van der Waals surface area contributed by atoms with Crippen LogP contribution in [0.25, 0.3) is 0 Å². The summed E-state index contributed by atoms with van der Waals surface area (Å²) in [5.74, 6) is 0.518. The Balaban J connectivity index is 1.53. The maximum absolute atomic E-state index is 12.8. The molecule has 1 aromatic carbocycles. The maximum Gasteiger partial charge on any atom is 0.226 e. The Morgan fingerprint density at radius 2 is 1.72 bits per heavy atom. The Hall–Kier alpha value is -1.82. The molecule has 0 bridgehead atoms. The number of hydrogen-bond acceptors (Lipinski definition) is 4. The lowest BCUT2D eigenvalue weighted by Crippen LogP contribution is -2.42. The van der Waals surface area contributed by atoms with Gasteiger partial charge in [0.25, 0.3) is 0 Å². The lowest BCUT2D eigenvalue weighted by atomic mass is 9.97. The Labute approximate surface area is 175 Å². The molecule has 1 saturated heterocycles. The highest BCUT2D eigenvalue weighted by Crippen LogP contribution is 2.26. The summed E-state index contributed by atoms with van der Waals surface area (Å²) >= 11 is 0. The van der Waals surface area contributed by atoms with Crippen molar-refractivity contribution in [3.63, 3.8) is 0 Å². The summed E-state index contributed by atoms with van der Waals surface area (Å²) in [5.41, 5.74) is 3.42. The highest BCUT2D eigenvalue weighted by molar-refractivity contribution is 7.92. The molecule has 2 heterocycles. The Bertz CT molecular complexity index is 868. The first kappa shape index (κ1) is 21.9. The Kier molecular flexibility index (Phi) is 6.42. The van der Waals surface area contributed by atoms with Crippen LogP contribution in [0.2, 0.25) is 0 Å². The zero-order valence-corrected chi connectivity index (χ0v) is 19.0. The summed E-state index contributed by atoms with van der Waals surface area (Å²) in [6.45, 7) is 10.5. The number of rotatable bonds is 5. The number of carbonyl (C=O) groups is 1. The van der Waals surface area contributed by atoms with E-state index in [9.17, 15) is 13.2 Å². The summed E-state index contributed by atoms with van der Waals surface area (Å²) < 4.78 is 24.2. The molecule has 0 aliphatic carbocycles. The van der Waals surface area contributed by atoms with Gasteiger partial charge in [-0.25, -0.2) is 8.42 Å². The molecular formula is C23H34N2O3S. The molecule has 0 radical (unpaired) electrons. The zero-order chi connectivity index (χ0) is 21.2. The number of likely N-dealkylation sites (tertiary alicyclic amines) is 1. The number of hydrogen-bond donors (Lipinski definition) is 0. The minimum absolute atomic E-state index is 0.140. The topological polar surface area (TPSA) is 57.7 Å². The summed E-state index contributed by atoms with van der Waals surface area (Å²) in [6.07, 6.45) is 6.28. The third-order valence-electron chi connectivity index (χ3n) is 6.21. The van der Waals surface area contributed by atoms with E-state index in [4.69, 9.17) is 0 Å². The normalized spacial score (nSPS) is 18.5. The summed E-state index contributed by atoms with van der Waals surface area (Å²) in [7, 11) is -3.11. The predicted molar refractivity (Wildman–Crippen MR) is 119 cm³/mol. The van der Waals surface area contributed by atoms with Gasteiger partial charge in [0, 0.05) is 31.9 Å². The lowest BCUT2D eigenvalue weighted by molar-refractivity contribution is -0.131. The molecule has 0 atom stereocenters. The van der Waals surface area contributed by atoms with Gasteiger partial charge in [-0.1, -0.05) is 18.2 Å². The van der Waals surface area contributed by atoms with Crippen molar-refractivity contribution in [2.45, 2.75) is 51.7 Å². The minimum Gasteiger partial charge on any atom is -0.364 e. The third kappa shape index (κ3) is 5.21. The van der Waals surface area contributed by atoms with Crippen LogP contribution in [0.4, 0.5) is 5.69 Å². The molecular weight excluding hydrogens is 384 g/mol. The van der Waals surface area contributed by atoms with Gasteiger partial charge in [0.1, 0.15) is 0 Å². The number of sulfone groups is 1. The fraction of sp³-hybridized carbons (Fsp3) is 0.609. The number of anilines is 1. The van der Waals surface area contributed by atoms with E-state index in [2.05, 4.69) is 42.2 Å². The van der Waals surface area contributed by atoms with Crippen molar-refractivity contribution in [1.82, 2.24) is 4.90 Å². The average molecular weight is 419 g/mol. The average Bonchev–Trinajstić information content (AvgIpc) is 3.17. The first-order chi connectivity index (χ1) is 13.6. The SMILES string of the molecule is Cc1cc(N2CC=CC2)ccc1CC(=O)N1CCC(CS(=O)(=O)C(C)(C)C)CC1. The van der Waals surface area contributed by atoms with Gasteiger partial charge in [-0.15, -0.1) is 0 Å². The van der Waals surface area contributed by atoms with Crippen LogP contribution in [0.1, 0.15) is 44.7 Å². The van der Waals surface area contributed by atoms with Crippen LogP contribution in [0, 0.1) is 12.8 Å². The van der Waals surface area contributed by atoms with Crippen molar-refractivity contribution < 1.29 is 13.2 Å². The molecule has 0 aromatic heterocycles. The second kappa shape index (κ2) is 8.50. The summed E-state index contributed by atoms with van der Waals surface area (Å²) in [6, 6.07) is 6.34. The molecule has 0 saturated carbocycles. The van der Waals surface area contributed by atoms with Crippen molar-refractivity contribution in [2.75, 3.05) is 36.8 Å². The largest absolute Gasteiger partial charge is 0.364 e. The Morgan fingerprint density at radius 3 is 2.28 bits per heavy atom. The number of amides is 1. The number of piperidine rings is 1. The molecule has 5 nitrogen and oxygen atoms in total. The highest BCUT2D eigenvalue weighted by Gasteiger charge is 2.33.